The molecule has 0 spiro atoms. The van der Waals surface area contributed by atoms with Gasteiger partial charge < -0.3 is 24.0 Å². The van der Waals surface area contributed by atoms with Crippen LogP contribution in [0.4, 0.5) is 5.69 Å². The Hall–Kier alpha value is -5.63. The minimum absolute atomic E-state index is 0.0440. The molecule has 2 heterocycles. The zero-order valence-electron chi connectivity index (χ0n) is 28.2. The van der Waals surface area contributed by atoms with Crippen molar-refractivity contribution in [3.63, 3.8) is 0 Å². The van der Waals surface area contributed by atoms with Gasteiger partial charge in [-0.1, -0.05) is 72.8 Å². The van der Waals surface area contributed by atoms with Crippen molar-refractivity contribution in [2.45, 2.75) is 39.6 Å². The average Bonchev–Trinajstić information content (AvgIpc) is 3.13. The van der Waals surface area contributed by atoms with Gasteiger partial charge in [0.15, 0.2) is 0 Å². The van der Waals surface area contributed by atoms with Crippen molar-refractivity contribution in [1.82, 2.24) is 9.88 Å². The molecular formula is C41H41N3O5. The van der Waals surface area contributed by atoms with Crippen molar-refractivity contribution in [1.29, 1.82) is 0 Å². The lowest BCUT2D eigenvalue weighted by molar-refractivity contribution is 0.00692. The number of amides is 1. The van der Waals surface area contributed by atoms with E-state index in [9.17, 15) is 9.59 Å². The number of benzene rings is 4. The monoisotopic (exact) mass is 655 g/mol. The van der Waals surface area contributed by atoms with Gasteiger partial charge in [-0.05, 0) is 79.9 Å². The number of piperazine rings is 1. The highest BCUT2D eigenvalue weighted by molar-refractivity contribution is 5.96. The zero-order chi connectivity index (χ0) is 34.2. The van der Waals surface area contributed by atoms with Crippen LogP contribution >= 0.6 is 0 Å². The van der Waals surface area contributed by atoms with Gasteiger partial charge >= 0.3 is 5.97 Å². The molecule has 8 heteroatoms. The van der Waals surface area contributed by atoms with E-state index in [4.69, 9.17) is 19.2 Å². The predicted molar refractivity (Wildman–Crippen MR) is 191 cm³/mol. The van der Waals surface area contributed by atoms with Crippen LogP contribution in [0, 0.1) is 0 Å². The molecule has 0 bridgehead atoms. The fourth-order valence-corrected chi connectivity index (χ4v) is 5.58. The lowest BCUT2D eigenvalue weighted by Gasteiger charge is -2.36. The molecule has 5 aromatic rings. The van der Waals surface area contributed by atoms with Crippen LogP contribution in [0.25, 0.3) is 11.1 Å². The second-order valence-electron chi connectivity index (χ2n) is 13.0. The Labute approximate surface area is 287 Å². The molecule has 1 fully saturated rings. The number of anilines is 1. The highest BCUT2D eigenvalue weighted by Crippen LogP contribution is 2.33. The smallest absolute Gasteiger partial charge is 0.338 e. The van der Waals surface area contributed by atoms with E-state index in [1.165, 1.54) is 0 Å². The molecule has 0 radical (unpaired) electrons. The van der Waals surface area contributed by atoms with Crippen molar-refractivity contribution in [3.8, 4) is 22.9 Å². The number of hydrogen-bond acceptors (Lipinski definition) is 7. The summed E-state index contributed by atoms with van der Waals surface area (Å²) in [7, 11) is 0. The first-order valence-electron chi connectivity index (χ1n) is 16.5. The molecule has 1 amide bonds. The van der Waals surface area contributed by atoms with E-state index in [1.54, 1.807) is 24.3 Å². The summed E-state index contributed by atoms with van der Waals surface area (Å²) >= 11 is 0. The third kappa shape index (κ3) is 8.84. The first-order chi connectivity index (χ1) is 23.7. The van der Waals surface area contributed by atoms with Crippen LogP contribution in [0.3, 0.4) is 0 Å². The Bertz CT molecular complexity index is 1850. The van der Waals surface area contributed by atoms with Gasteiger partial charge in [0.05, 0.1) is 5.56 Å². The third-order valence-electron chi connectivity index (χ3n) is 8.16. The van der Waals surface area contributed by atoms with Crippen molar-refractivity contribution in [2.75, 3.05) is 31.1 Å². The van der Waals surface area contributed by atoms with Gasteiger partial charge in [-0.15, -0.1) is 0 Å². The number of nitrogens with zero attached hydrogens (tertiary/aromatic N) is 3. The Morgan fingerprint density at radius 3 is 1.82 bits per heavy atom. The number of esters is 1. The lowest BCUT2D eigenvalue weighted by atomic mass is 10.1. The van der Waals surface area contributed by atoms with Crippen molar-refractivity contribution in [2.24, 2.45) is 0 Å². The normalized spacial score (nSPS) is 13.1. The largest absolute Gasteiger partial charge is 0.473 e. The summed E-state index contributed by atoms with van der Waals surface area (Å²) in [5.41, 5.74) is 5.47. The van der Waals surface area contributed by atoms with Crippen LogP contribution < -0.4 is 14.4 Å². The summed E-state index contributed by atoms with van der Waals surface area (Å²) < 4.78 is 17.7. The maximum atomic E-state index is 13.2. The summed E-state index contributed by atoms with van der Waals surface area (Å²) in [5.74, 6) is 0.563. The van der Waals surface area contributed by atoms with Gasteiger partial charge in [0.25, 0.3) is 5.91 Å². The van der Waals surface area contributed by atoms with Gasteiger partial charge in [-0.25, -0.2) is 4.79 Å². The number of hydrogen-bond donors (Lipinski definition) is 0. The highest BCUT2D eigenvalue weighted by Gasteiger charge is 2.24. The van der Waals surface area contributed by atoms with Crippen molar-refractivity contribution >= 4 is 17.6 Å². The van der Waals surface area contributed by atoms with E-state index in [1.807, 2.05) is 98.5 Å². The molecule has 49 heavy (non-hydrogen) atoms. The number of pyridine rings is 1. The average molecular weight is 656 g/mol. The van der Waals surface area contributed by atoms with E-state index in [-0.39, 0.29) is 5.91 Å². The highest BCUT2D eigenvalue weighted by atomic mass is 16.6. The quantitative estimate of drug-likeness (QED) is 0.142. The molecule has 0 atom stereocenters. The van der Waals surface area contributed by atoms with Crippen LogP contribution in [0.5, 0.6) is 11.8 Å². The topological polar surface area (TPSA) is 81.2 Å². The number of carbonyl (C=O) groups excluding carboxylic acids is 2. The van der Waals surface area contributed by atoms with Crippen LogP contribution in [0.2, 0.25) is 0 Å². The second-order valence-corrected chi connectivity index (χ2v) is 13.0. The first-order valence-corrected chi connectivity index (χ1v) is 16.5. The Kier molecular flexibility index (Phi) is 10.2. The standard InChI is InChI=1S/C41H41N3O5/c1-41(2,3)49-40(46)34-16-14-33(15-17-34)39(45)44-26-24-43(25-27-44)35-20-18-32(19-21-35)36-22-23-37(47-28-30-10-6-4-7-11-30)42-38(36)48-29-31-12-8-5-9-13-31/h4-23H,24-29H2,1-3H3. The zero-order valence-corrected chi connectivity index (χ0v) is 28.2. The molecule has 1 aromatic heterocycles. The molecule has 0 aliphatic carbocycles. The number of carbonyl (C=O) groups is 2. The molecule has 1 aliphatic heterocycles. The fourth-order valence-electron chi connectivity index (χ4n) is 5.58. The van der Waals surface area contributed by atoms with Gasteiger partial charge in [-0.3, -0.25) is 4.79 Å². The van der Waals surface area contributed by atoms with Gasteiger partial charge in [0.1, 0.15) is 18.8 Å². The summed E-state index contributed by atoms with van der Waals surface area (Å²) in [6, 6.07) is 39.0. The summed E-state index contributed by atoms with van der Waals surface area (Å²) in [5, 5.41) is 0. The molecule has 1 aliphatic rings. The van der Waals surface area contributed by atoms with Gasteiger partial charge in [0.2, 0.25) is 11.8 Å². The van der Waals surface area contributed by atoms with Crippen molar-refractivity contribution < 1.29 is 23.8 Å². The molecule has 0 unspecified atom stereocenters. The van der Waals surface area contributed by atoms with Gasteiger partial charge in [0, 0.05) is 49.1 Å². The molecule has 8 nitrogen and oxygen atoms in total. The number of ether oxygens (including phenoxy) is 3. The fraction of sp³-hybridized carbons (Fsp3) is 0.244. The van der Waals surface area contributed by atoms with E-state index in [2.05, 4.69) is 29.2 Å². The van der Waals surface area contributed by atoms with E-state index in [0.29, 0.717) is 62.3 Å². The number of rotatable bonds is 10. The van der Waals surface area contributed by atoms with E-state index < -0.39 is 11.6 Å². The molecule has 0 N–H and O–H groups in total. The molecular weight excluding hydrogens is 614 g/mol. The first kappa shape index (κ1) is 33.3. The van der Waals surface area contributed by atoms with E-state index >= 15 is 0 Å². The molecule has 4 aromatic carbocycles. The third-order valence-corrected chi connectivity index (χ3v) is 8.16. The molecule has 250 valence electrons. The molecule has 1 saturated heterocycles. The summed E-state index contributed by atoms with van der Waals surface area (Å²) in [6.07, 6.45) is 0. The maximum absolute atomic E-state index is 13.2. The van der Waals surface area contributed by atoms with Crippen LogP contribution in [-0.2, 0) is 18.0 Å². The predicted octanol–water partition coefficient (Wildman–Crippen LogP) is 7.82. The maximum Gasteiger partial charge on any atom is 0.338 e. The summed E-state index contributed by atoms with van der Waals surface area (Å²) in [4.78, 5) is 34.5. The SMILES string of the molecule is CC(C)(C)OC(=O)c1ccc(C(=O)N2CCN(c3ccc(-c4ccc(OCc5ccccc5)nc4OCc4ccccc4)cc3)CC2)cc1. The molecule has 6 rings (SSSR count). The minimum Gasteiger partial charge on any atom is -0.473 e. The lowest BCUT2D eigenvalue weighted by Crippen LogP contribution is -2.48. The van der Waals surface area contributed by atoms with Crippen LogP contribution in [0.1, 0.15) is 52.6 Å². The molecule has 0 saturated carbocycles. The number of aromatic nitrogens is 1. The Balaban J connectivity index is 1.10. The second kappa shape index (κ2) is 15.1. The summed E-state index contributed by atoms with van der Waals surface area (Å²) in [6.45, 7) is 8.90. The minimum atomic E-state index is -0.577. The van der Waals surface area contributed by atoms with Crippen molar-refractivity contribution in [3.05, 3.63) is 144 Å². The van der Waals surface area contributed by atoms with Crippen LogP contribution in [-0.4, -0.2) is 53.5 Å². The van der Waals surface area contributed by atoms with Gasteiger partial charge in [-0.2, -0.15) is 4.98 Å². The van der Waals surface area contributed by atoms with E-state index in [0.717, 1.165) is 27.9 Å². The Morgan fingerprint density at radius 2 is 1.22 bits per heavy atom. The Morgan fingerprint density at radius 1 is 0.653 bits per heavy atom. The van der Waals surface area contributed by atoms with Crippen LogP contribution in [0.15, 0.2) is 121 Å².